The van der Waals surface area contributed by atoms with Crippen molar-refractivity contribution in [2.75, 3.05) is 24.1 Å². The molecule has 0 aliphatic carbocycles. The molecule has 104 valence electrons. The Labute approximate surface area is 115 Å². The Morgan fingerprint density at radius 1 is 1.42 bits per heavy atom. The van der Waals surface area contributed by atoms with Gasteiger partial charge in [-0.25, -0.2) is 0 Å². The van der Waals surface area contributed by atoms with Gasteiger partial charge in [-0.1, -0.05) is 19.1 Å². The summed E-state index contributed by atoms with van der Waals surface area (Å²) in [5.74, 6) is 0.776. The van der Waals surface area contributed by atoms with Gasteiger partial charge < -0.3 is 11.1 Å². The Morgan fingerprint density at radius 2 is 2.16 bits per heavy atom. The third-order valence-electron chi connectivity index (χ3n) is 3.86. The van der Waals surface area contributed by atoms with Gasteiger partial charge >= 0.3 is 0 Å². The molecular weight excluding hydrogens is 238 g/mol. The van der Waals surface area contributed by atoms with Crippen LogP contribution in [0.5, 0.6) is 0 Å². The van der Waals surface area contributed by atoms with E-state index in [1.54, 1.807) is 6.07 Å². The first-order valence-electron chi connectivity index (χ1n) is 6.94. The molecule has 0 saturated carbocycles. The van der Waals surface area contributed by atoms with Crippen molar-refractivity contribution in [3.05, 3.63) is 24.3 Å². The minimum absolute atomic E-state index is 0.0132. The number of nitrogen functional groups attached to an aromatic ring is 1. The zero-order valence-electron chi connectivity index (χ0n) is 11.7. The standard InChI is InChI=1S/C15H23N3O/c1-11-7-8-18(12(2)9-11)10-15(19)17-14-6-4-3-5-13(14)16/h3-6,11-12H,7-10,16H2,1-2H3,(H,17,19). The molecular formula is C15H23N3O. The third-order valence-corrected chi connectivity index (χ3v) is 3.86. The summed E-state index contributed by atoms with van der Waals surface area (Å²) in [5.41, 5.74) is 7.13. The van der Waals surface area contributed by atoms with Crippen molar-refractivity contribution < 1.29 is 4.79 Å². The number of nitrogens with two attached hydrogens (primary N) is 1. The lowest BCUT2D eigenvalue weighted by Crippen LogP contribution is -2.44. The van der Waals surface area contributed by atoms with Gasteiger partial charge in [-0.05, 0) is 44.4 Å². The van der Waals surface area contributed by atoms with Crippen LogP contribution in [0.25, 0.3) is 0 Å². The zero-order chi connectivity index (χ0) is 13.8. The summed E-state index contributed by atoms with van der Waals surface area (Å²) in [4.78, 5) is 14.3. The largest absolute Gasteiger partial charge is 0.397 e. The number of amides is 1. The number of carbonyl (C=O) groups excluding carboxylic acids is 1. The summed E-state index contributed by atoms with van der Waals surface area (Å²) < 4.78 is 0. The lowest BCUT2D eigenvalue weighted by atomic mass is 9.93. The Hall–Kier alpha value is -1.55. The van der Waals surface area contributed by atoms with Gasteiger partial charge in [-0.15, -0.1) is 0 Å². The Balaban J connectivity index is 1.90. The maximum atomic E-state index is 12.1. The van der Waals surface area contributed by atoms with Gasteiger partial charge in [0.15, 0.2) is 0 Å². The van der Waals surface area contributed by atoms with Crippen LogP contribution in [0.3, 0.4) is 0 Å². The molecule has 19 heavy (non-hydrogen) atoms. The molecule has 1 fully saturated rings. The van der Waals surface area contributed by atoms with Crippen LogP contribution in [-0.2, 0) is 4.79 Å². The number of piperidine rings is 1. The second kappa shape index (κ2) is 6.06. The molecule has 1 amide bonds. The number of benzene rings is 1. The number of hydrogen-bond acceptors (Lipinski definition) is 3. The van der Waals surface area contributed by atoms with Gasteiger partial charge in [0.2, 0.25) is 5.91 Å². The van der Waals surface area contributed by atoms with Crippen LogP contribution >= 0.6 is 0 Å². The molecule has 2 atom stereocenters. The first kappa shape index (κ1) is 13.9. The molecule has 1 aromatic carbocycles. The third kappa shape index (κ3) is 3.70. The van der Waals surface area contributed by atoms with E-state index in [9.17, 15) is 4.79 Å². The molecule has 1 heterocycles. The van der Waals surface area contributed by atoms with Crippen LogP contribution < -0.4 is 11.1 Å². The summed E-state index contributed by atoms with van der Waals surface area (Å²) in [6.45, 7) is 5.92. The molecule has 2 rings (SSSR count). The average Bonchev–Trinajstić information content (AvgIpc) is 2.36. The highest BCUT2D eigenvalue weighted by Crippen LogP contribution is 2.22. The number of hydrogen-bond donors (Lipinski definition) is 2. The number of carbonyl (C=O) groups is 1. The normalized spacial score (nSPS) is 24.1. The molecule has 1 aliphatic heterocycles. The highest BCUT2D eigenvalue weighted by Gasteiger charge is 2.24. The topological polar surface area (TPSA) is 58.4 Å². The molecule has 4 nitrogen and oxygen atoms in total. The van der Waals surface area contributed by atoms with Crippen LogP contribution in [-0.4, -0.2) is 29.9 Å². The van der Waals surface area contributed by atoms with Crippen LogP contribution in [0, 0.1) is 5.92 Å². The zero-order valence-corrected chi connectivity index (χ0v) is 11.7. The monoisotopic (exact) mass is 261 g/mol. The summed E-state index contributed by atoms with van der Waals surface area (Å²) in [6.07, 6.45) is 2.34. The minimum atomic E-state index is 0.0132. The fourth-order valence-corrected chi connectivity index (χ4v) is 2.68. The summed E-state index contributed by atoms with van der Waals surface area (Å²) >= 11 is 0. The van der Waals surface area contributed by atoms with Gasteiger partial charge in [0.25, 0.3) is 0 Å². The minimum Gasteiger partial charge on any atom is -0.397 e. The van der Waals surface area contributed by atoms with Crippen molar-refractivity contribution in [2.45, 2.75) is 32.7 Å². The molecule has 0 aromatic heterocycles. The van der Waals surface area contributed by atoms with E-state index in [-0.39, 0.29) is 5.91 Å². The highest BCUT2D eigenvalue weighted by molar-refractivity contribution is 5.95. The number of likely N-dealkylation sites (tertiary alicyclic amines) is 1. The smallest absolute Gasteiger partial charge is 0.238 e. The van der Waals surface area contributed by atoms with Crippen LogP contribution in [0.4, 0.5) is 11.4 Å². The van der Waals surface area contributed by atoms with E-state index in [1.807, 2.05) is 18.2 Å². The SMILES string of the molecule is CC1CCN(CC(=O)Nc2ccccc2N)C(C)C1. The number of anilines is 2. The number of nitrogens with one attached hydrogen (secondary N) is 1. The molecule has 1 aliphatic rings. The molecule has 2 unspecified atom stereocenters. The fourth-order valence-electron chi connectivity index (χ4n) is 2.68. The van der Waals surface area contributed by atoms with Crippen LogP contribution in [0.2, 0.25) is 0 Å². The number of rotatable bonds is 3. The van der Waals surface area contributed by atoms with Gasteiger partial charge in [-0.2, -0.15) is 0 Å². The Kier molecular flexibility index (Phi) is 4.43. The number of nitrogens with zero attached hydrogens (tertiary/aromatic N) is 1. The predicted octanol–water partition coefficient (Wildman–Crippen LogP) is 2.33. The van der Waals surface area contributed by atoms with E-state index >= 15 is 0 Å². The lowest BCUT2D eigenvalue weighted by Gasteiger charge is -2.35. The summed E-state index contributed by atoms with van der Waals surface area (Å²) in [5, 5.41) is 2.88. The van der Waals surface area contributed by atoms with Crippen molar-refractivity contribution >= 4 is 17.3 Å². The Bertz CT molecular complexity index is 447. The van der Waals surface area contributed by atoms with Crippen LogP contribution in [0.1, 0.15) is 26.7 Å². The van der Waals surface area contributed by atoms with E-state index in [0.29, 0.717) is 24.0 Å². The first-order chi connectivity index (χ1) is 9.06. The lowest BCUT2D eigenvalue weighted by molar-refractivity contribution is -0.118. The average molecular weight is 261 g/mol. The second-order valence-corrected chi connectivity index (χ2v) is 5.58. The van der Waals surface area contributed by atoms with Crippen LogP contribution in [0.15, 0.2) is 24.3 Å². The maximum Gasteiger partial charge on any atom is 0.238 e. The van der Waals surface area contributed by atoms with E-state index in [2.05, 4.69) is 24.1 Å². The van der Waals surface area contributed by atoms with Crippen molar-refractivity contribution in [1.29, 1.82) is 0 Å². The predicted molar refractivity (Wildman–Crippen MR) is 78.9 cm³/mol. The van der Waals surface area contributed by atoms with Crippen molar-refractivity contribution in [3.63, 3.8) is 0 Å². The summed E-state index contributed by atoms with van der Waals surface area (Å²) in [7, 11) is 0. The van der Waals surface area contributed by atoms with E-state index < -0.39 is 0 Å². The molecule has 0 radical (unpaired) electrons. The first-order valence-corrected chi connectivity index (χ1v) is 6.94. The van der Waals surface area contributed by atoms with E-state index in [4.69, 9.17) is 5.73 Å². The van der Waals surface area contributed by atoms with E-state index in [0.717, 1.165) is 12.5 Å². The highest BCUT2D eigenvalue weighted by atomic mass is 16.2. The quantitative estimate of drug-likeness (QED) is 0.821. The van der Waals surface area contributed by atoms with Crippen molar-refractivity contribution in [3.8, 4) is 0 Å². The fraction of sp³-hybridized carbons (Fsp3) is 0.533. The van der Waals surface area contributed by atoms with Gasteiger partial charge in [-0.3, -0.25) is 9.69 Å². The maximum absolute atomic E-state index is 12.1. The second-order valence-electron chi connectivity index (χ2n) is 5.58. The Morgan fingerprint density at radius 3 is 2.84 bits per heavy atom. The molecule has 0 spiro atoms. The molecule has 1 saturated heterocycles. The van der Waals surface area contributed by atoms with Gasteiger partial charge in [0.1, 0.15) is 0 Å². The van der Waals surface area contributed by atoms with Gasteiger partial charge in [0.05, 0.1) is 17.9 Å². The van der Waals surface area contributed by atoms with Crippen molar-refractivity contribution in [1.82, 2.24) is 4.90 Å². The summed E-state index contributed by atoms with van der Waals surface area (Å²) in [6, 6.07) is 7.83. The van der Waals surface area contributed by atoms with E-state index in [1.165, 1.54) is 12.8 Å². The van der Waals surface area contributed by atoms with Crippen molar-refractivity contribution in [2.24, 2.45) is 5.92 Å². The molecule has 0 bridgehead atoms. The van der Waals surface area contributed by atoms with Gasteiger partial charge in [0, 0.05) is 6.04 Å². The molecule has 4 heteroatoms. The number of para-hydroxylation sites is 2. The molecule has 1 aromatic rings. The molecule has 3 N–H and O–H groups in total.